The zero-order valence-corrected chi connectivity index (χ0v) is 15.9. The molecular formula is C20H16N2O2S2. The SMILES string of the molecule is COc1ccc(-c2nc(NC(=O)c3cc4ccccc4s3)sc2C)cc1. The van der Waals surface area contributed by atoms with Crippen LogP contribution in [0.5, 0.6) is 5.75 Å². The third-order valence-electron chi connectivity index (χ3n) is 4.03. The fourth-order valence-corrected chi connectivity index (χ4v) is 4.51. The van der Waals surface area contributed by atoms with Crippen molar-refractivity contribution < 1.29 is 9.53 Å². The van der Waals surface area contributed by atoms with Gasteiger partial charge in [-0.1, -0.05) is 18.2 Å². The molecule has 0 saturated heterocycles. The van der Waals surface area contributed by atoms with Crippen molar-refractivity contribution in [1.82, 2.24) is 4.98 Å². The first kappa shape index (κ1) is 16.8. The minimum absolute atomic E-state index is 0.124. The quantitative estimate of drug-likeness (QED) is 0.502. The highest BCUT2D eigenvalue weighted by atomic mass is 32.1. The average Bonchev–Trinajstić information content (AvgIpc) is 3.25. The maximum absolute atomic E-state index is 12.6. The molecule has 6 heteroatoms. The van der Waals surface area contributed by atoms with Gasteiger partial charge in [0, 0.05) is 15.1 Å². The Labute approximate surface area is 159 Å². The Kier molecular flexibility index (Phi) is 4.44. The minimum atomic E-state index is -0.124. The Morgan fingerprint density at radius 3 is 2.58 bits per heavy atom. The van der Waals surface area contributed by atoms with E-state index in [1.807, 2.05) is 61.5 Å². The van der Waals surface area contributed by atoms with Crippen molar-refractivity contribution >= 4 is 43.8 Å². The number of aryl methyl sites for hydroxylation is 1. The Morgan fingerprint density at radius 2 is 1.85 bits per heavy atom. The molecule has 0 spiro atoms. The first-order valence-electron chi connectivity index (χ1n) is 8.06. The molecule has 0 aliphatic heterocycles. The van der Waals surface area contributed by atoms with E-state index in [-0.39, 0.29) is 5.91 Å². The summed E-state index contributed by atoms with van der Waals surface area (Å²) >= 11 is 2.97. The van der Waals surface area contributed by atoms with E-state index >= 15 is 0 Å². The molecule has 2 heterocycles. The van der Waals surface area contributed by atoms with Gasteiger partial charge in [0.05, 0.1) is 17.7 Å². The molecule has 2 aromatic heterocycles. The number of thiazole rings is 1. The monoisotopic (exact) mass is 380 g/mol. The zero-order valence-electron chi connectivity index (χ0n) is 14.3. The summed E-state index contributed by atoms with van der Waals surface area (Å²) < 4.78 is 6.30. The summed E-state index contributed by atoms with van der Waals surface area (Å²) in [4.78, 5) is 18.9. The van der Waals surface area contributed by atoms with Crippen LogP contribution < -0.4 is 10.1 Å². The van der Waals surface area contributed by atoms with Crippen molar-refractivity contribution in [2.24, 2.45) is 0 Å². The lowest BCUT2D eigenvalue weighted by Crippen LogP contribution is -2.09. The maximum Gasteiger partial charge on any atom is 0.267 e. The molecule has 0 aliphatic carbocycles. The van der Waals surface area contributed by atoms with Crippen LogP contribution in [0.15, 0.2) is 54.6 Å². The fourth-order valence-electron chi connectivity index (χ4n) is 2.72. The van der Waals surface area contributed by atoms with Crippen LogP contribution in [0.3, 0.4) is 0 Å². The number of hydrogen-bond donors (Lipinski definition) is 1. The second-order valence-corrected chi connectivity index (χ2v) is 8.04. The number of anilines is 1. The summed E-state index contributed by atoms with van der Waals surface area (Å²) in [5.74, 6) is 0.682. The smallest absolute Gasteiger partial charge is 0.267 e. The second kappa shape index (κ2) is 6.90. The van der Waals surface area contributed by atoms with Gasteiger partial charge in [-0.15, -0.1) is 22.7 Å². The maximum atomic E-state index is 12.6. The van der Waals surface area contributed by atoms with Crippen LogP contribution in [-0.4, -0.2) is 18.0 Å². The standard InChI is InChI=1S/C20H16N2O2S2/c1-12-18(13-7-9-15(24-2)10-8-13)21-20(25-12)22-19(23)17-11-14-5-3-4-6-16(14)26-17/h3-11H,1-2H3,(H,21,22,23). The van der Waals surface area contributed by atoms with Crippen LogP contribution >= 0.6 is 22.7 Å². The highest BCUT2D eigenvalue weighted by molar-refractivity contribution is 7.21. The van der Waals surface area contributed by atoms with E-state index < -0.39 is 0 Å². The Bertz CT molecular complexity index is 1050. The molecule has 2 aromatic carbocycles. The Balaban J connectivity index is 1.57. The first-order chi connectivity index (χ1) is 12.6. The second-order valence-electron chi connectivity index (χ2n) is 5.75. The van der Waals surface area contributed by atoms with Gasteiger partial charge in [0.25, 0.3) is 5.91 Å². The summed E-state index contributed by atoms with van der Waals surface area (Å²) in [5, 5.41) is 4.61. The predicted octanol–water partition coefficient (Wildman–Crippen LogP) is 5.59. The number of ether oxygens (including phenoxy) is 1. The average molecular weight is 380 g/mol. The summed E-state index contributed by atoms with van der Waals surface area (Å²) in [6.07, 6.45) is 0. The number of rotatable bonds is 4. The molecule has 0 bridgehead atoms. The number of carbonyl (C=O) groups excluding carboxylic acids is 1. The van der Waals surface area contributed by atoms with Crippen LogP contribution in [0.25, 0.3) is 21.3 Å². The fraction of sp³-hybridized carbons (Fsp3) is 0.100. The van der Waals surface area contributed by atoms with Gasteiger partial charge in [-0.25, -0.2) is 4.98 Å². The van der Waals surface area contributed by atoms with E-state index in [2.05, 4.69) is 10.3 Å². The van der Waals surface area contributed by atoms with Crippen molar-refractivity contribution in [3.05, 3.63) is 64.4 Å². The van der Waals surface area contributed by atoms with E-state index in [4.69, 9.17) is 4.74 Å². The number of nitrogens with zero attached hydrogens (tertiary/aromatic N) is 1. The molecule has 0 unspecified atom stereocenters. The van der Waals surface area contributed by atoms with E-state index in [0.29, 0.717) is 10.0 Å². The van der Waals surface area contributed by atoms with Crippen LogP contribution in [0.1, 0.15) is 14.5 Å². The molecular weight excluding hydrogens is 364 g/mol. The number of carbonyl (C=O) groups is 1. The molecule has 1 amide bonds. The molecule has 0 fully saturated rings. The molecule has 0 atom stereocenters. The van der Waals surface area contributed by atoms with Crippen LogP contribution in [-0.2, 0) is 0 Å². The van der Waals surface area contributed by atoms with Crippen molar-refractivity contribution in [3.63, 3.8) is 0 Å². The lowest BCUT2D eigenvalue weighted by Gasteiger charge is -2.01. The van der Waals surface area contributed by atoms with E-state index in [9.17, 15) is 4.79 Å². The molecule has 4 rings (SSSR count). The van der Waals surface area contributed by atoms with Crippen LogP contribution in [0, 0.1) is 6.92 Å². The normalized spacial score (nSPS) is 10.8. The minimum Gasteiger partial charge on any atom is -0.497 e. The molecule has 0 aliphatic rings. The molecule has 0 saturated carbocycles. The van der Waals surface area contributed by atoms with Gasteiger partial charge in [0.2, 0.25) is 0 Å². The van der Waals surface area contributed by atoms with Gasteiger partial charge in [0.15, 0.2) is 5.13 Å². The number of amides is 1. The van der Waals surface area contributed by atoms with Crippen molar-refractivity contribution in [2.45, 2.75) is 6.92 Å². The van der Waals surface area contributed by atoms with Crippen LogP contribution in [0.4, 0.5) is 5.13 Å². The number of benzene rings is 2. The number of aromatic nitrogens is 1. The van der Waals surface area contributed by atoms with E-state index in [0.717, 1.165) is 32.0 Å². The topological polar surface area (TPSA) is 51.2 Å². The number of hydrogen-bond acceptors (Lipinski definition) is 5. The number of methoxy groups -OCH3 is 1. The Morgan fingerprint density at radius 1 is 1.08 bits per heavy atom. The van der Waals surface area contributed by atoms with Gasteiger partial charge in [-0.2, -0.15) is 0 Å². The molecule has 1 N–H and O–H groups in total. The lowest BCUT2D eigenvalue weighted by molar-refractivity contribution is 0.103. The largest absolute Gasteiger partial charge is 0.497 e. The molecule has 130 valence electrons. The summed E-state index contributed by atoms with van der Waals surface area (Å²) in [5.41, 5.74) is 1.88. The van der Waals surface area contributed by atoms with Crippen molar-refractivity contribution in [1.29, 1.82) is 0 Å². The molecule has 0 radical (unpaired) electrons. The molecule has 4 aromatic rings. The molecule has 26 heavy (non-hydrogen) atoms. The van der Waals surface area contributed by atoms with Gasteiger partial charge < -0.3 is 4.74 Å². The van der Waals surface area contributed by atoms with E-state index in [1.165, 1.54) is 22.7 Å². The summed E-state index contributed by atoms with van der Waals surface area (Å²) in [7, 11) is 1.64. The predicted molar refractivity (Wildman–Crippen MR) is 109 cm³/mol. The number of nitrogens with one attached hydrogen (secondary N) is 1. The Hall–Kier alpha value is -2.70. The van der Waals surface area contributed by atoms with Crippen molar-refractivity contribution in [2.75, 3.05) is 12.4 Å². The summed E-state index contributed by atoms with van der Waals surface area (Å²) in [6, 6.07) is 17.7. The van der Waals surface area contributed by atoms with Gasteiger partial charge in [-0.3, -0.25) is 10.1 Å². The van der Waals surface area contributed by atoms with Crippen molar-refractivity contribution in [3.8, 4) is 17.0 Å². The zero-order chi connectivity index (χ0) is 18.1. The number of fused-ring (bicyclic) bond motifs is 1. The van der Waals surface area contributed by atoms with E-state index in [1.54, 1.807) is 7.11 Å². The third-order valence-corrected chi connectivity index (χ3v) is 6.03. The van der Waals surface area contributed by atoms with Gasteiger partial charge in [0.1, 0.15) is 5.75 Å². The van der Waals surface area contributed by atoms with Gasteiger partial charge >= 0.3 is 0 Å². The highest BCUT2D eigenvalue weighted by Crippen LogP contribution is 2.32. The number of thiophene rings is 1. The first-order valence-corrected chi connectivity index (χ1v) is 9.69. The third kappa shape index (κ3) is 3.21. The highest BCUT2D eigenvalue weighted by Gasteiger charge is 2.15. The lowest BCUT2D eigenvalue weighted by atomic mass is 10.1. The molecule has 4 nitrogen and oxygen atoms in total. The van der Waals surface area contributed by atoms with Crippen LogP contribution in [0.2, 0.25) is 0 Å². The van der Waals surface area contributed by atoms with Gasteiger partial charge in [-0.05, 0) is 48.7 Å². The summed E-state index contributed by atoms with van der Waals surface area (Å²) in [6.45, 7) is 2.01.